The minimum atomic E-state index is -4.50. The Morgan fingerprint density at radius 3 is 2.25 bits per heavy atom. The maximum atomic E-state index is 13.2. The Labute approximate surface area is 170 Å². The van der Waals surface area contributed by atoms with Crippen LogP contribution in [0.3, 0.4) is 0 Å². The average molecular weight is 439 g/mol. The molecule has 0 bridgehead atoms. The molecule has 4 atom stereocenters. The van der Waals surface area contributed by atoms with Gasteiger partial charge in [-0.15, -0.1) is 23.2 Å². The van der Waals surface area contributed by atoms with E-state index in [9.17, 15) is 22.8 Å². The fourth-order valence-electron chi connectivity index (χ4n) is 4.74. The Hall–Kier alpha value is -1.47. The van der Waals surface area contributed by atoms with Crippen LogP contribution in [-0.2, 0) is 30.7 Å². The number of carbonyl (C=O) groups is 2. The minimum Gasteiger partial charge on any atom is -0.469 e. The van der Waals surface area contributed by atoms with Gasteiger partial charge in [-0.1, -0.05) is 18.2 Å². The van der Waals surface area contributed by atoms with Gasteiger partial charge >= 0.3 is 18.1 Å². The summed E-state index contributed by atoms with van der Waals surface area (Å²) < 4.78 is 48.1. The largest absolute Gasteiger partial charge is 0.469 e. The van der Waals surface area contributed by atoms with Crippen LogP contribution in [0.2, 0.25) is 0 Å². The SMILES string of the molecule is COC(=O)C1C[C@]2(c3cccc(C(F)(F)F)c3)CC(Cl)(Cl)[C@@H]2C[C@@H]1C(=O)OC. The van der Waals surface area contributed by atoms with Crippen LogP contribution in [0.25, 0.3) is 0 Å². The lowest BCUT2D eigenvalue weighted by molar-refractivity contribution is -0.166. The van der Waals surface area contributed by atoms with Gasteiger partial charge in [-0.2, -0.15) is 13.2 Å². The Kier molecular flexibility index (Phi) is 5.38. The molecule has 1 unspecified atom stereocenters. The van der Waals surface area contributed by atoms with Crippen molar-refractivity contribution >= 4 is 35.1 Å². The molecule has 0 aliphatic heterocycles. The standard InChI is InChI=1S/C19H19Cl2F3O4/c1-27-15(25)12-7-14-17(9-18(14,20)21,8-13(12)16(26)28-2)10-4-3-5-11(6-10)19(22,23)24/h3-6,12-14H,7-9H2,1-2H3/t12-,13?,14+,17+/m0/s1. The summed E-state index contributed by atoms with van der Waals surface area (Å²) in [6, 6.07) is 4.97. The molecule has 2 saturated carbocycles. The molecule has 0 saturated heterocycles. The summed E-state index contributed by atoms with van der Waals surface area (Å²) in [6.07, 6.45) is -4.10. The van der Waals surface area contributed by atoms with Crippen LogP contribution in [0.15, 0.2) is 24.3 Å². The number of hydrogen-bond donors (Lipinski definition) is 0. The molecule has 1 aromatic rings. The van der Waals surface area contributed by atoms with E-state index in [4.69, 9.17) is 32.7 Å². The molecule has 0 aromatic heterocycles. The summed E-state index contributed by atoms with van der Waals surface area (Å²) >= 11 is 12.8. The van der Waals surface area contributed by atoms with Crippen molar-refractivity contribution in [1.29, 1.82) is 0 Å². The third kappa shape index (κ3) is 3.36. The third-order valence-corrected chi connectivity index (χ3v) is 6.85. The zero-order valence-corrected chi connectivity index (χ0v) is 16.7. The number of hydrogen-bond acceptors (Lipinski definition) is 4. The van der Waals surface area contributed by atoms with Crippen molar-refractivity contribution in [2.75, 3.05) is 14.2 Å². The topological polar surface area (TPSA) is 52.6 Å². The van der Waals surface area contributed by atoms with Crippen LogP contribution in [0, 0.1) is 17.8 Å². The summed E-state index contributed by atoms with van der Waals surface area (Å²) in [7, 11) is 2.41. The fourth-order valence-corrected chi connectivity index (χ4v) is 5.82. The molecule has 28 heavy (non-hydrogen) atoms. The van der Waals surface area contributed by atoms with Crippen molar-refractivity contribution < 1.29 is 32.2 Å². The second kappa shape index (κ2) is 7.10. The van der Waals surface area contributed by atoms with Crippen molar-refractivity contribution in [2.24, 2.45) is 17.8 Å². The zero-order valence-electron chi connectivity index (χ0n) is 15.2. The predicted octanol–water partition coefficient (Wildman–Crippen LogP) is 4.51. The van der Waals surface area contributed by atoms with Crippen LogP contribution in [0.1, 0.15) is 30.4 Å². The van der Waals surface area contributed by atoms with Gasteiger partial charge in [0.05, 0.1) is 31.6 Å². The summed E-state index contributed by atoms with van der Waals surface area (Å²) in [5, 5.41) is 0. The molecule has 2 aliphatic carbocycles. The Morgan fingerprint density at radius 2 is 1.71 bits per heavy atom. The molecule has 2 fully saturated rings. The molecular formula is C19H19Cl2F3O4. The van der Waals surface area contributed by atoms with Gasteiger partial charge in [0.15, 0.2) is 0 Å². The number of fused-ring (bicyclic) bond motifs is 1. The van der Waals surface area contributed by atoms with Crippen molar-refractivity contribution in [2.45, 2.75) is 35.2 Å². The molecule has 0 spiro atoms. The van der Waals surface area contributed by atoms with Crippen molar-refractivity contribution in [3.63, 3.8) is 0 Å². The van der Waals surface area contributed by atoms with E-state index < -0.39 is 51.2 Å². The van der Waals surface area contributed by atoms with Crippen molar-refractivity contribution in [3.05, 3.63) is 35.4 Å². The fraction of sp³-hybridized carbons (Fsp3) is 0.579. The van der Waals surface area contributed by atoms with Crippen molar-refractivity contribution in [1.82, 2.24) is 0 Å². The van der Waals surface area contributed by atoms with Gasteiger partial charge < -0.3 is 9.47 Å². The molecule has 154 valence electrons. The van der Waals surface area contributed by atoms with E-state index in [1.54, 1.807) is 6.07 Å². The minimum absolute atomic E-state index is 0.104. The monoisotopic (exact) mass is 438 g/mol. The van der Waals surface area contributed by atoms with E-state index in [2.05, 4.69) is 0 Å². The highest BCUT2D eigenvalue weighted by Gasteiger charge is 2.67. The summed E-state index contributed by atoms with van der Waals surface area (Å²) in [5.41, 5.74) is -1.24. The Morgan fingerprint density at radius 1 is 1.11 bits per heavy atom. The Bertz CT molecular complexity index is 796. The highest BCUT2D eigenvalue weighted by molar-refractivity contribution is 6.49. The first-order valence-electron chi connectivity index (χ1n) is 8.67. The summed E-state index contributed by atoms with van der Waals surface area (Å²) in [6.45, 7) is 0. The molecule has 0 heterocycles. The van der Waals surface area contributed by atoms with Crippen LogP contribution in [-0.4, -0.2) is 30.5 Å². The number of esters is 2. The first-order chi connectivity index (χ1) is 13.0. The molecule has 1 aromatic carbocycles. The van der Waals surface area contributed by atoms with E-state index >= 15 is 0 Å². The van der Waals surface area contributed by atoms with Gasteiger partial charge in [-0.25, -0.2) is 0 Å². The van der Waals surface area contributed by atoms with Gasteiger partial charge in [0, 0.05) is 11.3 Å². The lowest BCUT2D eigenvalue weighted by Gasteiger charge is -2.62. The normalized spacial score (nSPS) is 31.3. The Balaban J connectivity index is 2.06. The summed E-state index contributed by atoms with van der Waals surface area (Å²) in [4.78, 5) is 24.6. The number of methoxy groups -OCH3 is 2. The van der Waals surface area contributed by atoms with Gasteiger partial charge in [-0.05, 0) is 30.9 Å². The van der Waals surface area contributed by atoms with Crippen LogP contribution >= 0.6 is 23.2 Å². The molecule has 0 radical (unpaired) electrons. The first kappa shape index (κ1) is 21.2. The quantitative estimate of drug-likeness (QED) is 0.514. The highest BCUT2D eigenvalue weighted by Crippen LogP contribution is 2.68. The van der Waals surface area contributed by atoms with Crippen LogP contribution < -0.4 is 0 Å². The molecule has 3 rings (SSSR count). The van der Waals surface area contributed by atoms with Crippen molar-refractivity contribution in [3.8, 4) is 0 Å². The molecule has 0 N–H and O–H groups in total. The van der Waals surface area contributed by atoms with Gasteiger partial charge in [0.25, 0.3) is 0 Å². The van der Waals surface area contributed by atoms with E-state index in [0.717, 1.165) is 12.1 Å². The maximum Gasteiger partial charge on any atom is 0.416 e. The highest BCUT2D eigenvalue weighted by atomic mass is 35.5. The number of benzene rings is 1. The average Bonchev–Trinajstić information content (AvgIpc) is 2.64. The number of alkyl halides is 5. The number of rotatable bonds is 3. The van der Waals surface area contributed by atoms with Gasteiger partial charge in [0.2, 0.25) is 0 Å². The molecule has 2 aliphatic rings. The first-order valence-corrected chi connectivity index (χ1v) is 9.43. The van der Waals surface area contributed by atoms with Crippen LogP contribution in [0.4, 0.5) is 13.2 Å². The third-order valence-electron chi connectivity index (χ3n) is 6.06. The molecule has 4 nitrogen and oxygen atoms in total. The second-order valence-corrected chi connectivity index (χ2v) is 8.97. The van der Waals surface area contributed by atoms with Gasteiger partial charge in [-0.3, -0.25) is 9.59 Å². The maximum absolute atomic E-state index is 13.2. The van der Waals surface area contributed by atoms with E-state index in [-0.39, 0.29) is 19.3 Å². The van der Waals surface area contributed by atoms with E-state index in [1.165, 1.54) is 20.3 Å². The van der Waals surface area contributed by atoms with E-state index in [1.807, 2.05) is 0 Å². The van der Waals surface area contributed by atoms with Gasteiger partial charge in [0.1, 0.15) is 4.33 Å². The zero-order chi connectivity index (χ0) is 20.9. The lowest BCUT2D eigenvalue weighted by atomic mass is 9.46. The smallest absolute Gasteiger partial charge is 0.416 e. The number of halogens is 5. The lowest BCUT2D eigenvalue weighted by Crippen LogP contribution is -2.64. The van der Waals surface area contributed by atoms with Crippen LogP contribution in [0.5, 0.6) is 0 Å². The number of carbonyl (C=O) groups excluding carboxylic acids is 2. The number of ether oxygens (including phenoxy) is 2. The molecule has 0 amide bonds. The second-order valence-electron chi connectivity index (χ2n) is 7.42. The van der Waals surface area contributed by atoms with E-state index in [0.29, 0.717) is 5.56 Å². The summed E-state index contributed by atoms with van der Waals surface area (Å²) in [5.74, 6) is -3.38. The predicted molar refractivity (Wildman–Crippen MR) is 95.9 cm³/mol. The molecular weight excluding hydrogens is 420 g/mol. The molecule has 9 heteroatoms.